The van der Waals surface area contributed by atoms with Gasteiger partial charge in [0.1, 0.15) is 0 Å². The van der Waals surface area contributed by atoms with Crippen molar-refractivity contribution >= 4 is 11.6 Å². The van der Waals surface area contributed by atoms with E-state index in [-0.39, 0.29) is 11.6 Å². The van der Waals surface area contributed by atoms with Crippen LogP contribution >= 0.6 is 0 Å². The highest BCUT2D eigenvalue weighted by Gasteiger charge is 2.19. The lowest BCUT2D eigenvalue weighted by Gasteiger charge is -2.15. The minimum absolute atomic E-state index is 0.167. The summed E-state index contributed by atoms with van der Waals surface area (Å²) in [7, 11) is 0. The average Bonchev–Trinajstić information content (AvgIpc) is 2.67. The van der Waals surface area contributed by atoms with Gasteiger partial charge in [-0.25, -0.2) is 0 Å². The molecule has 0 spiro atoms. The van der Waals surface area contributed by atoms with Crippen molar-refractivity contribution in [1.29, 1.82) is 0 Å². The Hall–Kier alpha value is -3.14. The number of carbonyl (C=O) groups excluding carboxylic acids is 2. The van der Waals surface area contributed by atoms with Gasteiger partial charge in [0.25, 0.3) is 0 Å². The molecule has 0 saturated heterocycles. The zero-order valence-corrected chi connectivity index (χ0v) is 14.6. The van der Waals surface area contributed by atoms with E-state index in [9.17, 15) is 9.59 Å². The Morgan fingerprint density at radius 3 is 1.35 bits per heavy atom. The number of nitrogens with one attached hydrogen (secondary N) is 2. The summed E-state index contributed by atoms with van der Waals surface area (Å²) in [5.41, 5.74) is 3.10. The number of rotatable bonds is 8. The lowest BCUT2D eigenvalue weighted by molar-refractivity contribution is -0.115. The Kier molecular flexibility index (Phi) is 5.99. The first-order valence-corrected chi connectivity index (χ1v) is 8.80. The largest absolute Gasteiger partial charge is 0.381 e. The molecule has 2 aromatic rings. The van der Waals surface area contributed by atoms with Crippen LogP contribution in [0.4, 0.5) is 0 Å². The van der Waals surface area contributed by atoms with Crippen LogP contribution in [0.2, 0.25) is 0 Å². The van der Waals surface area contributed by atoms with E-state index in [0.717, 1.165) is 12.8 Å². The topological polar surface area (TPSA) is 58.2 Å². The lowest BCUT2D eigenvalue weighted by atomic mass is 10.1. The van der Waals surface area contributed by atoms with Crippen molar-refractivity contribution in [2.75, 3.05) is 13.1 Å². The molecular weight excluding hydrogens is 324 g/mol. The highest BCUT2D eigenvalue weighted by atomic mass is 16.1. The molecule has 0 fully saturated rings. The summed E-state index contributed by atoms with van der Waals surface area (Å²) in [5.74, 6) is -0.334. The summed E-state index contributed by atoms with van der Waals surface area (Å²) >= 11 is 0. The van der Waals surface area contributed by atoms with Crippen molar-refractivity contribution in [2.45, 2.75) is 12.8 Å². The van der Waals surface area contributed by atoms with Gasteiger partial charge >= 0.3 is 0 Å². The molecule has 132 valence electrons. The van der Waals surface area contributed by atoms with Gasteiger partial charge < -0.3 is 10.6 Å². The van der Waals surface area contributed by atoms with Crippen molar-refractivity contribution in [2.24, 2.45) is 0 Å². The van der Waals surface area contributed by atoms with Gasteiger partial charge in [-0.05, 0) is 24.0 Å². The van der Waals surface area contributed by atoms with Gasteiger partial charge in [-0.15, -0.1) is 0 Å². The summed E-state index contributed by atoms with van der Waals surface area (Å²) in [4.78, 5) is 24.5. The molecule has 4 nitrogen and oxygen atoms in total. The van der Waals surface area contributed by atoms with Crippen LogP contribution in [0.25, 0.3) is 0 Å². The molecule has 1 aliphatic rings. The molecule has 0 heterocycles. The molecule has 2 N–H and O–H groups in total. The maximum atomic E-state index is 12.2. The maximum absolute atomic E-state index is 12.2. The van der Waals surface area contributed by atoms with Gasteiger partial charge in [0.2, 0.25) is 11.6 Å². The van der Waals surface area contributed by atoms with Crippen molar-refractivity contribution < 1.29 is 9.59 Å². The standard InChI is InChI=1S/C22H22N2O2/c25-21-16-20(24-14-12-18-9-5-2-6-10-18)22(26)15-19(21)23-13-11-17-7-3-1-4-8-17/h1-10,15-16,23-24H,11-14H2. The zero-order valence-electron chi connectivity index (χ0n) is 14.6. The van der Waals surface area contributed by atoms with Gasteiger partial charge in [0.05, 0.1) is 11.4 Å². The van der Waals surface area contributed by atoms with E-state index < -0.39 is 0 Å². The Balaban J connectivity index is 1.47. The second-order valence-corrected chi connectivity index (χ2v) is 6.17. The molecule has 0 radical (unpaired) electrons. The molecule has 0 bridgehead atoms. The Labute approximate surface area is 153 Å². The molecule has 0 saturated carbocycles. The minimum Gasteiger partial charge on any atom is -0.381 e. The summed E-state index contributed by atoms with van der Waals surface area (Å²) < 4.78 is 0. The van der Waals surface area contributed by atoms with Crippen LogP contribution in [0.5, 0.6) is 0 Å². The molecule has 0 aromatic heterocycles. The van der Waals surface area contributed by atoms with Gasteiger partial charge in [0.15, 0.2) is 0 Å². The molecule has 0 aliphatic heterocycles. The van der Waals surface area contributed by atoms with E-state index >= 15 is 0 Å². The highest BCUT2D eigenvalue weighted by molar-refractivity contribution is 6.19. The maximum Gasteiger partial charge on any atom is 0.203 e. The minimum atomic E-state index is -0.167. The van der Waals surface area contributed by atoms with Crippen LogP contribution in [0.3, 0.4) is 0 Å². The molecule has 0 atom stereocenters. The normalized spacial score (nSPS) is 13.8. The summed E-state index contributed by atoms with van der Waals surface area (Å²) in [6.07, 6.45) is 4.37. The lowest BCUT2D eigenvalue weighted by Crippen LogP contribution is -2.31. The predicted octanol–water partition coefficient (Wildman–Crippen LogP) is 2.57. The average molecular weight is 346 g/mol. The predicted molar refractivity (Wildman–Crippen MR) is 102 cm³/mol. The first-order valence-electron chi connectivity index (χ1n) is 8.80. The van der Waals surface area contributed by atoms with E-state index in [1.165, 1.54) is 23.3 Å². The molecular formula is C22H22N2O2. The molecule has 0 amide bonds. The molecule has 3 rings (SSSR count). The number of benzene rings is 2. The smallest absolute Gasteiger partial charge is 0.203 e. The first-order chi connectivity index (χ1) is 12.7. The third-order valence-electron chi connectivity index (χ3n) is 4.23. The van der Waals surface area contributed by atoms with Crippen LogP contribution in [-0.4, -0.2) is 24.7 Å². The van der Waals surface area contributed by atoms with Gasteiger partial charge in [-0.1, -0.05) is 60.7 Å². The zero-order chi connectivity index (χ0) is 18.2. The second kappa shape index (κ2) is 8.81. The van der Waals surface area contributed by atoms with Crippen molar-refractivity contribution in [1.82, 2.24) is 10.6 Å². The van der Waals surface area contributed by atoms with Crippen molar-refractivity contribution in [3.8, 4) is 0 Å². The number of ketones is 2. The number of carbonyl (C=O) groups is 2. The monoisotopic (exact) mass is 346 g/mol. The quantitative estimate of drug-likeness (QED) is 0.722. The van der Waals surface area contributed by atoms with Crippen LogP contribution in [0, 0.1) is 0 Å². The molecule has 1 aliphatic carbocycles. The van der Waals surface area contributed by atoms with Crippen molar-refractivity contribution in [3.63, 3.8) is 0 Å². The Morgan fingerprint density at radius 2 is 0.962 bits per heavy atom. The van der Waals surface area contributed by atoms with Crippen molar-refractivity contribution in [3.05, 3.63) is 95.3 Å². The third kappa shape index (κ3) is 4.93. The van der Waals surface area contributed by atoms with Crippen LogP contribution in [0.15, 0.2) is 84.2 Å². The Bertz CT molecular complexity index is 752. The van der Waals surface area contributed by atoms with Crippen LogP contribution in [0.1, 0.15) is 11.1 Å². The van der Waals surface area contributed by atoms with Gasteiger partial charge in [-0.2, -0.15) is 0 Å². The second-order valence-electron chi connectivity index (χ2n) is 6.17. The fourth-order valence-corrected chi connectivity index (χ4v) is 2.81. The fourth-order valence-electron chi connectivity index (χ4n) is 2.81. The van der Waals surface area contributed by atoms with E-state index in [4.69, 9.17) is 0 Å². The number of allylic oxidation sites excluding steroid dienone is 2. The van der Waals surface area contributed by atoms with E-state index in [1.807, 2.05) is 60.7 Å². The summed E-state index contributed by atoms with van der Waals surface area (Å²) in [6.45, 7) is 1.22. The first kappa shape index (κ1) is 17.7. The summed E-state index contributed by atoms with van der Waals surface area (Å²) in [6, 6.07) is 20.0. The summed E-state index contributed by atoms with van der Waals surface area (Å²) in [5, 5.41) is 6.14. The SMILES string of the molecule is O=C1C=C(NCCc2ccccc2)C(=O)C=C1NCCc1ccccc1. The highest BCUT2D eigenvalue weighted by Crippen LogP contribution is 2.09. The van der Waals surface area contributed by atoms with Crippen LogP contribution in [-0.2, 0) is 22.4 Å². The molecule has 0 unspecified atom stereocenters. The molecule has 4 heteroatoms. The number of hydrogen-bond acceptors (Lipinski definition) is 4. The molecule has 26 heavy (non-hydrogen) atoms. The third-order valence-corrected chi connectivity index (χ3v) is 4.23. The number of hydrogen-bond donors (Lipinski definition) is 2. The van der Waals surface area contributed by atoms with Gasteiger partial charge in [-0.3, -0.25) is 9.59 Å². The van der Waals surface area contributed by atoms with E-state index in [1.54, 1.807) is 0 Å². The molecule has 2 aromatic carbocycles. The van der Waals surface area contributed by atoms with Gasteiger partial charge in [0, 0.05) is 25.2 Å². The van der Waals surface area contributed by atoms with Crippen LogP contribution < -0.4 is 10.6 Å². The fraction of sp³-hybridized carbons (Fsp3) is 0.182. The van der Waals surface area contributed by atoms with E-state index in [2.05, 4.69) is 10.6 Å². The van der Waals surface area contributed by atoms with E-state index in [0.29, 0.717) is 24.5 Å². The Morgan fingerprint density at radius 1 is 0.577 bits per heavy atom.